The van der Waals surface area contributed by atoms with Gasteiger partial charge < -0.3 is 19.5 Å². The molecule has 0 saturated carbocycles. The number of rotatable bonds is 9. The summed E-state index contributed by atoms with van der Waals surface area (Å²) in [6.45, 7) is 2.84. The van der Waals surface area contributed by atoms with Gasteiger partial charge in [0, 0.05) is 7.11 Å². The Kier molecular flexibility index (Phi) is 6.67. The van der Waals surface area contributed by atoms with Crippen LogP contribution in [0.4, 0.5) is 0 Å². The van der Waals surface area contributed by atoms with Gasteiger partial charge in [-0.3, -0.25) is 9.89 Å². The number of amides is 1. The molecule has 0 spiro atoms. The molecule has 0 aliphatic heterocycles. The van der Waals surface area contributed by atoms with Gasteiger partial charge in [0.1, 0.15) is 6.61 Å². The molecule has 2 aromatic heterocycles. The van der Waals surface area contributed by atoms with Gasteiger partial charge >= 0.3 is 0 Å². The molecule has 28 heavy (non-hydrogen) atoms. The molecule has 0 radical (unpaired) electrons. The highest BCUT2D eigenvalue weighted by Gasteiger charge is 2.17. The van der Waals surface area contributed by atoms with Crippen LogP contribution in [0.5, 0.6) is 11.5 Å². The number of benzene rings is 1. The van der Waals surface area contributed by atoms with Crippen molar-refractivity contribution in [2.45, 2.75) is 13.0 Å². The zero-order valence-electron chi connectivity index (χ0n) is 16.0. The van der Waals surface area contributed by atoms with Gasteiger partial charge in [-0.15, -0.1) is 11.3 Å². The predicted octanol–water partition coefficient (Wildman–Crippen LogP) is 3.66. The van der Waals surface area contributed by atoms with E-state index in [0.717, 1.165) is 16.1 Å². The Morgan fingerprint density at radius 2 is 2.07 bits per heavy atom. The van der Waals surface area contributed by atoms with E-state index < -0.39 is 0 Å². The monoisotopic (exact) mass is 401 g/mol. The molecule has 3 aromatic rings. The highest BCUT2D eigenvalue weighted by molar-refractivity contribution is 7.13. The van der Waals surface area contributed by atoms with Crippen molar-refractivity contribution >= 4 is 17.2 Å². The summed E-state index contributed by atoms with van der Waals surface area (Å²) >= 11 is 1.59. The first-order valence-electron chi connectivity index (χ1n) is 8.82. The number of nitrogens with one attached hydrogen (secondary N) is 2. The lowest BCUT2D eigenvalue weighted by molar-refractivity contribution is 0.0934. The summed E-state index contributed by atoms with van der Waals surface area (Å²) in [6.07, 6.45) is 0. The zero-order valence-corrected chi connectivity index (χ0v) is 16.8. The first kappa shape index (κ1) is 19.9. The molecular formula is C20H23N3O4S. The first-order chi connectivity index (χ1) is 13.6. The molecule has 0 fully saturated rings. The first-order valence-corrected chi connectivity index (χ1v) is 9.70. The standard InChI is InChI=1S/C20H23N3O4S/c1-13(14-6-7-17(18(11-14)26-3)27-9-8-25-2)21-20(24)16-12-15(22-23-16)19-5-4-10-28-19/h4-7,10-13H,8-9H2,1-3H3,(H,21,24)(H,22,23). The summed E-state index contributed by atoms with van der Waals surface area (Å²) in [4.78, 5) is 13.6. The van der Waals surface area contributed by atoms with Crippen molar-refractivity contribution in [1.29, 1.82) is 0 Å². The fourth-order valence-electron chi connectivity index (χ4n) is 2.66. The van der Waals surface area contributed by atoms with Crippen LogP contribution in [0, 0.1) is 0 Å². The Morgan fingerprint density at radius 1 is 1.21 bits per heavy atom. The summed E-state index contributed by atoms with van der Waals surface area (Å²) in [6, 6.07) is 11.0. The quantitative estimate of drug-likeness (QED) is 0.535. The molecule has 148 valence electrons. The molecule has 1 amide bonds. The predicted molar refractivity (Wildman–Crippen MR) is 108 cm³/mol. The van der Waals surface area contributed by atoms with Crippen LogP contribution in [0.3, 0.4) is 0 Å². The lowest BCUT2D eigenvalue weighted by Crippen LogP contribution is -2.27. The van der Waals surface area contributed by atoms with Crippen LogP contribution in [-0.2, 0) is 4.74 Å². The summed E-state index contributed by atoms with van der Waals surface area (Å²) in [5.41, 5.74) is 2.08. The third-order valence-electron chi connectivity index (χ3n) is 4.18. The van der Waals surface area contributed by atoms with Gasteiger partial charge in [-0.1, -0.05) is 12.1 Å². The van der Waals surface area contributed by atoms with Crippen LogP contribution >= 0.6 is 11.3 Å². The van der Waals surface area contributed by atoms with E-state index in [1.165, 1.54) is 0 Å². The van der Waals surface area contributed by atoms with Crippen LogP contribution in [-0.4, -0.2) is 43.5 Å². The van der Waals surface area contributed by atoms with E-state index in [1.807, 2.05) is 42.6 Å². The van der Waals surface area contributed by atoms with E-state index in [-0.39, 0.29) is 11.9 Å². The molecule has 0 aliphatic rings. The molecule has 2 N–H and O–H groups in total. The number of ether oxygens (including phenoxy) is 3. The highest BCUT2D eigenvalue weighted by Crippen LogP contribution is 2.30. The average Bonchev–Trinajstić information content (AvgIpc) is 3.39. The van der Waals surface area contributed by atoms with Gasteiger partial charge in [0.05, 0.1) is 30.3 Å². The zero-order chi connectivity index (χ0) is 19.9. The molecule has 1 aromatic carbocycles. The van der Waals surface area contributed by atoms with E-state index in [9.17, 15) is 4.79 Å². The Hall–Kier alpha value is -2.84. The lowest BCUT2D eigenvalue weighted by atomic mass is 10.1. The van der Waals surface area contributed by atoms with Gasteiger partial charge in [-0.2, -0.15) is 5.10 Å². The minimum Gasteiger partial charge on any atom is -0.493 e. The van der Waals surface area contributed by atoms with E-state index in [2.05, 4.69) is 15.5 Å². The second-order valence-corrected chi connectivity index (χ2v) is 7.04. The van der Waals surface area contributed by atoms with E-state index in [4.69, 9.17) is 14.2 Å². The third-order valence-corrected chi connectivity index (χ3v) is 5.08. The van der Waals surface area contributed by atoms with Crippen molar-refractivity contribution in [3.63, 3.8) is 0 Å². The van der Waals surface area contributed by atoms with E-state index in [0.29, 0.717) is 30.4 Å². The number of methoxy groups -OCH3 is 2. The summed E-state index contributed by atoms with van der Waals surface area (Å²) in [5.74, 6) is 0.995. The Bertz CT molecular complexity index is 908. The Morgan fingerprint density at radius 3 is 2.79 bits per heavy atom. The number of H-pyrrole nitrogens is 1. The number of aromatic nitrogens is 2. The highest BCUT2D eigenvalue weighted by atomic mass is 32.1. The largest absolute Gasteiger partial charge is 0.493 e. The molecule has 1 atom stereocenters. The van der Waals surface area contributed by atoms with Crippen LogP contribution in [0.1, 0.15) is 29.0 Å². The van der Waals surface area contributed by atoms with Crippen LogP contribution in [0.2, 0.25) is 0 Å². The smallest absolute Gasteiger partial charge is 0.272 e. The molecule has 2 heterocycles. The number of aromatic amines is 1. The summed E-state index contributed by atoms with van der Waals surface area (Å²) in [7, 11) is 3.21. The van der Waals surface area contributed by atoms with Gasteiger partial charge in [-0.25, -0.2) is 0 Å². The Labute approximate surface area is 167 Å². The van der Waals surface area contributed by atoms with Crippen molar-refractivity contribution in [2.24, 2.45) is 0 Å². The number of thiophene rings is 1. The van der Waals surface area contributed by atoms with Gasteiger partial charge in [0.2, 0.25) is 0 Å². The van der Waals surface area contributed by atoms with Crippen molar-refractivity contribution in [3.05, 3.63) is 53.0 Å². The van der Waals surface area contributed by atoms with E-state index >= 15 is 0 Å². The lowest BCUT2D eigenvalue weighted by Gasteiger charge is -2.16. The number of carbonyl (C=O) groups is 1. The van der Waals surface area contributed by atoms with Gasteiger partial charge in [0.25, 0.3) is 5.91 Å². The maximum atomic E-state index is 12.5. The summed E-state index contributed by atoms with van der Waals surface area (Å²) in [5, 5.41) is 12.0. The van der Waals surface area contributed by atoms with Gasteiger partial charge in [-0.05, 0) is 42.1 Å². The molecule has 7 nitrogen and oxygen atoms in total. The molecule has 3 rings (SSSR count). The number of nitrogens with zero attached hydrogens (tertiary/aromatic N) is 1. The van der Waals surface area contributed by atoms with Gasteiger partial charge in [0.15, 0.2) is 17.2 Å². The third kappa shape index (κ3) is 4.71. The van der Waals surface area contributed by atoms with Crippen molar-refractivity contribution in [1.82, 2.24) is 15.5 Å². The SMILES string of the molecule is COCCOc1ccc(C(C)NC(=O)c2cc(-c3cccs3)[nH]n2)cc1OC. The molecular weight excluding hydrogens is 378 g/mol. The second kappa shape index (κ2) is 9.38. The molecule has 8 heteroatoms. The Balaban J connectivity index is 1.66. The molecule has 0 aliphatic carbocycles. The average molecular weight is 401 g/mol. The molecule has 1 unspecified atom stereocenters. The topological polar surface area (TPSA) is 85.5 Å². The maximum Gasteiger partial charge on any atom is 0.272 e. The molecule has 0 saturated heterocycles. The van der Waals surface area contributed by atoms with Crippen LogP contribution in [0.15, 0.2) is 41.8 Å². The maximum absolute atomic E-state index is 12.5. The number of hydrogen-bond acceptors (Lipinski definition) is 6. The van der Waals surface area contributed by atoms with E-state index in [1.54, 1.807) is 31.6 Å². The normalized spacial score (nSPS) is 11.8. The van der Waals surface area contributed by atoms with Crippen LogP contribution < -0.4 is 14.8 Å². The number of carbonyl (C=O) groups excluding carboxylic acids is 1. The van der Waals surface area contributed by atoms with Crippen LogP contribution in [0.25, 0.3) is 10.6 Å². The van der Waals surface area contributed by atoms with Crippen molar-refractivity contribution in [3.8, 4) is 22.1 Å². The van der Waals surface area contributed by atoms with Crippen molar-refractivity contribution < 1.29 is 19.0 Å². The minimum atomic E-state index is -0.244. The fraction of sp³-hybridized carbons (Fsp3) is 0.300. The van der Waals surface area contributed by atoms with Crippen molar-refractivity contribution in [2.75, 3.05) is 27.4 Å². The number of hydrogen-bond donors (Lipinski definition) is 2. The second-order valence-electron chi connectivity index (χ2n) is 6.09. The minimum absolute atomic E-state index is 0.226. The fourth-order valence-corrected chi connectivity index (χ4v) is 3.35. The summed E-state index contributed by atoms with van der Waals surface area (Å²) < 4.78 is 16.0. The molecule has 0 bridgehead atoms.